The Balaban J connectivity index is 1.50. The summed E-state index contributed by atoms with van der Waals surface area (Å²) in [7, 11) is 0. The van der Waals surface area contributed by atoms with E-state index in [1.807, 2.05) is 17.5 Å². The summed E-state index contributed by atoms with van der Waals surface area (Å²) in [6.45, 7) is 1.43. The van der Waals surface area contributed by atoms with Crippen molar-refractivity contribution in [2.45, 2.75) is 25.0 Å². The smallest absolute Gasteiger partial charge is 0.415 e. The Hall–Kier alpha value is -1.60. The normalized spacial score (nSPS) is 25.8. The molecule has 6 nitrogen and oxygen atoms in total. The summed E-state index contributed by atoms with van der Waals surface area (Å²) in [5, 5.41) is 5.56. The van der Waals surface area contributed by atoms with E-state index in [0.717, 1.165) is 17.8 Å². The van der Waals surface area contributed by atoms with Gasteiger partial charge in [-0.15, -0.1) is 11.3 Å². The van der Waals surface area contributed by atoms with Crippen molar-refractivity contribution in [3.8, 4) is 0 Å². The number of carbonyl (C=O) groups excluding carboxylic acids is 2. The number of cyclic esters (lactones) is 1. The van der Waals surface area contributed by atoms with Crippen molar-refractivity contribution >= 4 is 28.3 Å². The van der Waals surface area contributed by atoms with E-state index < -0.39 is 0 Å². The predicted molar refractivity (Wildman–Crippen MR) is 73.9 cm³/mol. The average Bonchev–Trinajstić information content (AvgIpc) is 3.17. The molecule has 7 heteroatoms. The molecule has 3 rings (SSSR count). The fourth-order valence-corrected chi connectivity index (χ4v) is 3.07. The van der Waals surface area contributed by atoms with E-state index in [1.165, 1.54) is 11.3 Å². The molecule has 2 amide bonds. The highest BCUT2D eigenvalue weighted by Crippen LogP contribution is 2.26. The second kappa shape index (κ2) is 5.80. The van der Waals surface area contributed by atoms with Gasteiger partial charge in [0.2, 0.25) is 5.91 Å². The van der Waals surface area contributed by atoms with Crippen LogP contribution in [0.1, 0.15) is 12.8 Å². The molecule has 3 heterocycles. The molecule has 0 aromatic carbocycles. The molecule has 0 bridgehead atoms. The van der Waals surface area contributed by atoms with Crippen molar-refractivity contribution in [3.05, 3.63) is 17.5 Å². The van der Waals surface area contributed by atoms with Gasteiger partial charge in [-0.2, -0.15) is 0 Å². The molecule has 1 N–H and O–H groups in total. The van der Waals surface area contributed by atoms with Crippen LogP contribution in [0.5, 0.6) is 0 Å². The summed E-state index contributed by atoms with van der Waals surface area (Å²) in [4.78, 5) is 25.2. The van der Waals surface area contributed by atoms with Crippen molar-refractivity contribution in [3.63, 3.8) is 0 Å². The van der Waals surface area contributed by atoms with E-state index in [-0.39, 0.29) is 24.2 Å². The molecule has 2 fully saturated rings. The SMILES string of the molecule is O=C(NCC1CN(c2cccs2)C(=O)O1)C1CCCO1. The minimum Gasteiger partial charge on any atom is -0.442 e. The molecule has 0 aliphatic carbocycles. The maximum absolute atomic E-state index is 11.8. The lowest BCUT2D eigenvalue weighted by molar-refractivity contribution is -0.130. The van der Waals surface area contributed by atoms with Gasteiger partial charge < -0.3 is 14.8 Å². The van der Waals surface area contributed by atoms with Crippen LogP contribution in [0.25, 0.3) is 0 Å². The molecule has 1 aromatic rings. The number of nitrogens with zero attached hydrogens (tertiary/aromatic N) is 1. The number of hydrogen-bond donors (Lipinski definition) is 1. The number of rotatable bonds is 4. The Kier molecular flexibility index (Phi) is 3.88. The van der Waals surface area contributed by atoms with Crippen molar-refractivity contribution in [2.75, 3.05) is 24.6 Å². The summed E-state index contributed by atoms with van der Waals surface area (Å²) in [6, 6.07) is 3.76. The monoisotopic (exact) mass is 296 g/mol. The number of nitrogens with one attached hydrogen (secondary N) is 1. The maximum atomic E-state index is 11.8. The van der Waals surface area contributed by atoms with Crippen LogP contribution in [-0.4, -0.2) is 43.9 Å². The fraction of sp³-hybridized carbons (Fsp3) is 0.538. The minimum atomic E-state index is -0.358. The molecule has 1 aromatic heterocycles. The first-order chi connectivity index (χ1) is 9.74. The highest BCUT2D eigenvalue weighted by molar-refractivity contribution is 7.14. The summed E-state index contributed by atoms with van der Waals surface area (Å²) < 4.78 is 10.6. The predicted octanol–water partition coefficient (Wildman–Crippen LogP) is 1.37. The second-order valence-electron chi connectivity index (χ2n) is 4.81. The second-order valence-corrected chi connectivity index (χ2v) is 5.74. The third-order valence-corrected chi connectivity index (χ3v) is 4.26. The zero-order valence-electron chi connectivity index (χ0n) is 10.9. The summed E-state index contributed by atoms with van der Waals surface area (Å²) >= 11 is 1.49. The van der Waals surface area contributed by atoms with Gasteiger partial charge >= 0.3 is 6.09 Å². The Morgan fingerprint density at radius 2 is 2.45 bits per heavy atom. The van der Waals surface area contributed by atoms with Crippen LogP contribution in [0.4, 0.5) is 9.80 Å². The topological polar surface area (TPSA) is 67.9 Å². The van der Waals surface area contributed by atoms with E-state index in [4.69, 9.17) is 9.47 Å². The molecule has 2 aliphatic heterocycles. The number of ether oxygens (including phenoxy) is 2. The van der Waals surface area contributed by atoms with E-state index in [1.54, 1.807) is 4.90 Å². The van der Waals surface area contributed by atoms with Crippen molar-refractivity contribution in [1.29, 1.82) is 0 Å². The van der Waals surface area contributed by atoms with Gasteiger partial charge in [-0.25, -0.2) is 4.79 Å². The van der Waals surface area contributed by atoms with Crippen molar-refractivity contribution in [2.24, 2.45) is 0 Å². The fourth-order valence-electron chi connectivity index (χ4n) is 2.34. The van der Waals surface area contributed by atoms with Crippen LogP contribution in [0.15, 0.2) is 17.5 Å². The molecule has 2 aliphatic rings. The quantitative estimate of drug-likeness (QED) is 0.911. The Labute approximate surface area is 120 Å². The number of thiophene rings is 1. The van der Waals surface area contributed by atoms with Gasteiger partial charge in [0.25, 0.3) is 0 Å². The largest absolute Gasteiger partial charge is 0.442 e. The third kappa shape index (κ3) is 2.78. The van der Waals surface area contributed by atoms with Gasteiger partial charge in [0.1, 0.15) is 17.2 Å². The van der Waals surface area contributed by atoms with Crippen LogP contribution >= 0.6 is 11.3 Å². The molecule has 108 valence electrons. The van der Waals surface area contributed by atoms with Gasteiger partial charge in [-0.05, 0) is 30.4 Å². The molecule has 20 heavy (non-hydrogen) atoms. The lowest BCUT2D eigenvalue weighted by Crippen LogP contribution is -2.40. The van der Waals surface area contributed by atoms with Crippen LogP contribution < -0.4 is 10.2 Å². The molecular weight excluding hydrogens is 280 g/mol. The van der Waals surface area contributed by atoms with Crippen LogP contribution in [0.3, 0.4) is 0 Å². The first kappa shape index (κ1) is 13.4. The highest BCUT2D eigenvalue weighted by atomic mass is 32.1. The summed E-state index contributed by atoms with van der Waals surface area (Å²) in [5.74, 6) is -0.117. The molecule has 0 saturated carbocycles. The average molecular weight is 296 g/mol. The van der Waals surface area contributed by atoms with E-state index in [2.05, 4.69) is 5.32 Å². The van der Waals surface area contributed by atoms with Gasteiger partial charge in [0, 0.05) is 6.61 Å². The molecule has 2 saturated heterocycles. The van der Waals surface area contributed by atoms with Gasteiger partial charge in [0.15, 0.2) is 0 Å². The van der Waals surface area contributed by atoms with Crippen LogP contribution in [0, 0.1) is 0 Å². The highest BCUT2D eigenvalue weighted by Gasteiger charge is 2.33. The molecular formula is C13H16N2O4S. The van der Waals surface area contributed by atoms with Gasteiger partial charge in [-0.3, -0.25) is 9.69 Å². The molecule has 2 unspecified atom stereocenters. The van der Waals surface area contributed by atoms with E-state index in [0.29, 0.717) is 19.7 Å². The zero-order valence-corrected chi connectivity index (χ0v) is 11.7. The summed E-state index contributed by atoms with van der Waals surface area (Å²) in [6.07, 6.45) is 0.666. The maximum Gasteiger partial charge on any atom is 0.415 e. The Morgan fingerprint density at radius 3 is 3.15 bits per heavy atom. The Morgan fingerprint density at radius 1 is 1.55 bits per heavy atom. The number of amides is 2. The van der Waals surface area contributed by atoms with Crippen molar-refractivity contribution < 1.29 is 19.1 Å². The number of anilines is 1. The lowest BCUT2D eigenvalue weighted by atomic mass is 10.2. The molecule has 2 atom stereocenters. The van der Waals surface area contributed by atoms with Crippen molar-refractivity contribution in [1.82, 2.24) is 5.32 Å². The van der Waals surface area contributed by atoms with Crippen LogP contribution in [0.2, 0.25) is 0 Å². The van der Waals surface area contributed by atoms with E-state index >= 15 is 0 Å². The zero-order chi connectivity index (χ0) is 13.9. The molecule has 0 spiro atoms. The Bertz CT molecular complexity index is 485. The minimum absolute atomic E-state index is 0.117. The first-order valence-corrected chi connectivity index (χ1v) is 7.53. The first-order valence-electron chi connectivity index (χ1n) is 6.65. The standard InChI is InChI=1S/C13H16N2O4S/c16-12(10-3-1-5-18-10)14-7-9-8-15(13(17)19-9)11-4-2-6-20-11/h2,4,6,9-10H,1,3,5,7-8H2,(H,14,16). The molecule has 0 radical (unpaired) electrons. The van der Waals surface area contributed by atoms with Crippen LogP contribution in [-0.2, 0) is 14.3 Å². The number of carbonyl (C=O) groups is 2. The summed E-state index contributed by atoms with van der Waals surface area (Å²) in [5.41, 5.74) is 0. The number of hydrogen-bond acceptors (Lipinski definition) is 5. The van der Waals surface area contributed by atoms with Gasteiger partial charge in [0.05, 0.1) is 13.1 Å². The van der Waals surface area contributed by atoms with E-state index in [9.17, 15) is 9.59 Å². The van der Waals surface area contributed by atoms with Gasteiger partial charge in [-0.1, -0.05) is 0 Å². The lowest BCUT2D eigenvalue weighted by Gasteiger charge is -2.13. The third-order valence-electron chi connectivity index (χ3n) is 3.37.